The molecule has 1 aliphatic rings. The van der Waals surface area contributed by atoms with Crippen LogP contribution in [0.5, 0.6) is 5.75 Å². The van der Waals surface area contributed by atoms with Crippen molar-refractivity contribution in [3.8, 4) is 11.8 Å². The van der Waals surface area contributed by atoms with Crippen molar-refractivity contribution >= 4 is 11.3 Å². The van der Waals surface area contributed by atoms with Crippen LogP contribution in [0.15, 0.2) is 33.9 Å². The van der Waals surface area contributed by atoms with Crippen LogP contribution in [0.2, 0.25) is 0 Å². The maximum atomic E-state index is 11.8. The Bertz CT molecular complexity index is 907. The number of hydrogen-bond acceptors (Lipinski definition) is 5. The highest BCUT2D eigenvalue weighted by molar-refractivity contribution is 5.91. The molecule has 0 fully saturated rings. The SMILES string of the molecule is CC1(C)C=C(c2c(N)c(=O)c2=O)c2cc(C#N)ccc2O1. The second kappa shape index (κ2) is 4.06. The average Bonchev–Trinajstić information content (AvgIpc) is 2.45. The molecule has 1 aliphatic heterocycles. The summed E-state index contributed by atoms with van der Waals surface area (Å²) in [4.78, 5) is 23.2. The second-order valence-electron chi connectivity index (χ2n) is 5.53. The molecule has 0 aliphatic carbocycles. The number of ether oxygens (including phenoxy) is 1. The highest BCUT2D eigenvalue weighted by Gasteiger charge is 2.32. The molecule has 0 unspecified atom stereocenters. The van der Waals surface area contributed by atoms with Gasteiger partial charge in [0.15, 0.2) is 0 Å². The van der Waals surface area contributed by atoms with Crippen LogP contribution in [0.3, 0.4) is 0 Å². The third kappa shape index (κ3) is 1.84. The van der Waals surface area contributed by atoms with Gasteiger partial charge in [-0.05, 0) is 43.7 Å². The molecule has 5 nitrogen and oxygen atoms in total. The van der Waals surface area contributed by atoms with Gasteiger partial charge in [0.2, 0.25) is 10.9 Å². The van der Waals surface area contributed by atoms with Gasteiger partial charge in [-0.3, -0.25) is 9.59 Å². The molecule has 1 heterocycles. The number of hydrogen-bond donors (Lipinski definition) is 1. The first-order valence-corrected chi connectivity index (χ1v) is 6.39. The van der Waals surface area contributed by atoms with E-state index < -0.39 is 16.5 Å². The number of nitrogens with zero attached hydrogens (tertiary/aromatic N) is 1. The molecule has 21 heavy (non-hydrogen) atoms. The van der Waals surface area contributed by atoms with Gasteiger partial charge in [0.25, 0.3) is 0 Å². The van der Waals surface area contributed by atoms with Crippen molar-refractivity contribution in [1.29, 1.82) is 5.26 Å². The molecule has 0 amide bonds. The molecule has 2 aromatic carbocycles. The average molecular weight is 280 g/mol. The minimum atomic E-state index is -0.659. The molecule has 2 N–H and O–H groups in total. The van der Waals surface area contributed by atoms with E-state index in [4.69, 9.17) is 15.7 Å². The molecule has 0 atom stereocenters. The van der Waals surface area contributed by atoms with Gasteiger partial charge in [0.05, 0.1) is 22.9 Å². The molecule has 5 heteroatoms. The van der Waals surface area contributed by atoms with E-state index in [0.717, 1.165) is 0 Å². The lowest BCUT2D eigenvalue weighted by molar-refractivity contribution is 0.158. The number of anilines is 1. The molecule has 0 saturated carbocycles. The minimum Gasteiger partial charge on any atom is -0.483 e. The molecule has 104 valence electrons. The van der Waals surface area contributed by atoms with Crippen LogP contribution in [-0.2, 0) is 0 Å². The Hall–Kier alpha value is -2.87. The first-order chi connectivity index (χ1) is 9.84. The zero-order valence-corrected chi connectivity index (χ0v) is 11.6. The van der Waals surface area contributed by atoms with Gasteiger partial charge in [-0.2, -0.15) is 5.26 Å². The summed E-state index contributed by atoms with van der Waals surface area (Å²) in [5, 5.41) is 9.02. The predicted octanol–water partition coefficient (Wildman–Crippen LogP) is 1.34. The van der Waals surface area contributed by atoms with Gasteiger partial charge in [0.1, 0.15) is 11.4 Å². The Kier molecular flexibility index (Phi) is 2.54. The van der Waals surface area contributed by atoms with Crippen molar-refractivity contribution in [3.05, 3.63) is 61.4 Å². The topological polar surface area (TPSA) is 93.2 Å². The number of nitrogen functional groups attached to an aromatic ring is 1. The molecule has 0 bridgehead atoms. The normalized spacial score (nSPS) is 15.8. The quantitative estimate of drug-likeness (QED) is 0.795. The smallest absolute Gasteiger partial charge is 0.249 e. The third-order valence-corrected chi connectivity index (χ3v) is 3.48. The molecular weight excluding hydrogens is 268 g/mol. The zero-order chi connectivity index (χ0) is 15.4. The van der Waals surface area contributed by atoms with Gasteiger partial charge >= 0.3 is 0 Å². The van der Waals surface area contributed by atoms with Crippen LogP contribution in [0.1, 0.15) is 30.5 Å². The molecule has 0 spiro atoms. The number of benzene rings is 1. The fourth-order valence-corrected chi connectivity index (χ4v) is 2.52. The number of fused-ring (bicyclic) bond motifs is 1. The minimum absolute atomic E-state index is 0.0303. The van der Waals surface area contributed by atoms with E-state index in [9.17, 15) is 9.59 Å². The zero-order valence-electron chi connectivity index (χ0n) is 11.6. The van der Waals surface area contributed by atoms with E-state index >= 15 is 0 Å². The molecule has 0 radical (unpaired) electrons. The van der Waals surface area contributed by atoms with E-state index in [0.29, 0.717) is 22.4 Å². The summed E-state index contributed by atoms with van der Waals surface area (Å²) < 4.78 is 5.82. The summed E-state index contributed by atoms with van der Waals surface area (Å²) >= 11 is 0. The van der Waals surface area contributed by atoms with Crippen LogP contribution in [0, 0.1) is 11.3 Å². The fraction of sp³-hybridized carbons (Fsp3) is 0.188. The summed E-state index contributed by atoms with van der Waals surface area (Å²) in [7, 11) is 0. The number of nitrogens with two attached hydrogens (primary N) is 1. The van der Waals surface area contributed by atoms with Crippen molar-refractivity contribution < 1.29 is 4.74 Å². The predicted molar refractivity (Wildman–Crippen MR) is 78.7 cm³/mol. The van der Waals surface area contributed by atoms with Crippen molar-refractivity contribution in [2.75, 3.05) is 5.73 Å². The molecule has 0 aromatic heterocycles. The largest absolute Gasteiger partial charge is 0.483 e. The Balaban J connectivity index is 2.29. The van der Waals surface area contributed by atoms with Gasteiger partial charge in [-0.15, -0.1) is 0 Å². The number of nitriles is 1. The standard InChI is InChI=1S/C16H12N2O3/c1-16(2)6-10(12-13(18)15(20)14(12)19)9-5-8(7-17)3-4-11(9)21-16/h3-6H,18H2,1-2H3. The maximum absolute atomic E-state index is 11.8. The summed E-state index contributed by atoms with van der Waals surface area (Å²) in [5.41, 5.74) is 5.57. The van der Waals surface area contributed by atoms with Crippen LogP contribution in [-0.4, -0.2) is 5.60 Å². The highest BCUT2D eigenvalue weighted by Crippen LogP contribution is 2.40. The Morgan fingerprint density at radius 2 is 1.95 bits per heavy atom. The lowest BCUT2D eigenvalue weighted by Crippen LogP contribution is -2.39. The van der Waals surface area contributed by atoms with E-state index in [1.54, 1.807) is 24.3 Å². The fourth-order valence-electron chi connectivity index (χ4n) is 2.52. The van der Waals surface area contributed by atoms with Crippen molar-refractivity contribution in [1.82, 2.24) is 0 Å². The Morgan fingerprint density at radius 1 is 1.24 bits per heavy atom. The Morgan fingerprint density at radius 3 is 2.57 bits per heavy atom. The first-order valence-electron chi connectivity index (χ1n) is 6.39. The Labute approximate surface area is 120 Å². The maximum Gasteiger partial charge on any atom is 0.249 e. The van der Waals surface area contributed by atoms with Gasteiger partial charge in [-0.25, -0.2) is 0 Å². The number of rotatable bonds is 1. The lowest BCUT2D eigenvalue weighted by atomic mass is 9.86. The van der Waals surface area contributed by atoms with E-state index in [2.05, 4.69) is 0 Å². The molecular formula is C16H12N2O3. The van der Waals surface area contributed by atoms with Crippen LogP contribution >= 0.6 is 0 Å². The van der Waals surface area contributed by atoms with E-state index in [-0.39, 0.29) is 11.3 Å². The summed E-state index contributed by atoms with van der Waals surface area (Å²) in [5.74, 6) is 0.559. The monoisotopic (exact) mass is 280 g/mol. The molecule has 0 saturated heterocycles. The van der Waals surface area contributed by atoms with E-state index in [1.807, 2.05) is 19.9 Å². The highest BCUT2D eigenvalue weighted by atomic mass is 16.5. The van der Waals surface area contributed by atoms with Crippen LogP contribution in [0.4, 0.5) is 5.69 Å². The summed E-state index contributed by atoms with van der Waals surface area (Å²) in [6, 6.07) is 7.00. The lowest BCUT2D eigenvalue weighted by Gasteiger charge is -2.31. The van der Waals surface area contributed by atoms with Crippen molar-refractivity contribution in [2.45, 2.75) is 19.4 Å². The van der Waals surface area contributed by atoms with E-state index in [1.165, 1.54) is 0 Å². The second-order valence-corrected chi connectivity index (χ2v) is 5.53. The van der Waals surface area contributed by atoms with Gasteiger partial charge in [0, 0.05) is 5.56 Å². The van der Waals surface area contributed by atoms with Gasteiger partial charge in [-0.1, -0.05) is 0 Å². The first kappa shape index (κ1) is 13.1. The van der Waals surface area contributed by atoms with Crippen molar-refractivity contribution in [2.24, 2.45) is 0 Å². The summed E-state index contributed by atoms with van der Waals surface area (Å²) in [6.45, 7) is 3.69. The molecule has 3 rings (SSSR count). The van der Waals surface area contributed by atoms with Gasteiger partial charge < -0.3 is 10.5 Å². The van der Waals surface area contributed by atoms with Crippen LogP contribution in [0.25, 0.3) is 5.57 Å². The van der Waals surface area contributed by atoms with Crippen molar-refractivity contribution in [3.63, 3.8) is 0 Å². The third-order valence-electron chi connectivity index (χ3n) is 3.48. The molecule has 2 aromatic rings. The summed E-state index contributed by atoms with van der Waals surface area (Å²) in [6.07, 6.45) is 1.75. The van der Waals surface area contributed by atoms with Crippen LogP contribution < -0.4 is 21.3 Å².